The second-order valence-corrected chi connectivity index (χ2v) is 2.59. The lowest BCUT2D eigenvalue weighted by Crippen LogP contribution is -2.36. The Morgan fingerprint density at radius 2 is 2.44 bits per heavy atom. The Labute approximate surface area is 56.5 Å². The third-order valence-corrected chi connectivity index (χ3v) is 2.10. The van der Waals surface area contributed by atoms with Crippen molar-refractivity contribution in [3.8, 4) is 0 Å². The van der Waals surface area contributed by atoms with E-state index in [4.69, 9.17) is 0 Å². The Morgan fingerprint density at radius 3 is 2.89 bits per heavy atom. The molecule has 1 aliphatic rings. The molecule has 0 aromatic carbocycles. The maximum absolute atomic E-state index is 10.5. The predicted molar refractivity (Wildman–Crippen MR) is 35.1 cm³/mol. The highest BCUT2D eigenvalue weighted by molar-refractivity contribution is 4.76. The first-order valence-electron chi connectivity index (χ1n) is 3.70. The van der Waals surface area contributed by atoms with Crippen LogP contribution in [0.4, 0.5) is 0 Å². The molecule has 0 amide bonds. The zero-order valence-corrected chi connectivity index (χ0v) is 5.97. The summed E-state index contributed by atoms with van der Waals surface area (Å²) in [6.07, 6.45) is 2.35. The van der Waals surface area contributed by atoms with E-state index >= 15 is 0 Å². The highest BCUT2D eigenvalue weighted by Gasteiger charge is 2.18. The van der Waals surface area contributed by atoms with E-state index in [1.54, 1.807) is 0 Å². The molecule has 1 aliphatic heterocycles. The first-order chi connectivity index (χ1) is 4.38. The molecular weight excluding hydrogens is 114 g/mol. The fourth-order valence-corrected chi connectivity index (χ4v) is 1.50. The van der Waals surface area contributed by atoms with E-state index < -0.39 is 0 Å². The highest BCUT2D eigenvalue weighted by Crippen LogP contribution is 2.14. The minimum Gasteiger partial charge on any atom is -0.853 e. The molecule has 54 valence electrons. The first kappa shape index (κ1) is 7.03. The summed E-state index contributed by atoms with van der Waals surface area (Å²) in [5.74, 6) is 0. The van der Waals surface area contributed by atoms with Gasteiger partial charge >= 0.3 is 0 Å². The SMILES string of the molecule is CCN1CCC[C@@H]1C[O-]. The average molecular weight is 128 g/mol. The molecule has 0 aromatic rings. The molecule has 0 unspecified atom stereocenters. The van der Waals surface area contributed by atoms with Crippen LogP contribution in [0.5, 0.6) is 0 Å². The molecule has 2 nitrogen and oxygen atoms in total. The average Bonchev–Trinajstić information content (AvgIpc) is 2.33. The van der Waals surface area contributed by atoms with Gasteiger partial charge < -0.3 is 10.0 Å². The molecule has 2 heteroatoms. The molecule has 1 atom stereocenters. The van der Waals surface area contributed by atoms with Gasteiger partial charge in [-0.3, -0.25) is 0 Å². The van der Waals surface area contributed by atoms with E-state index in [0.29, 0.717) is 6.04 Å². The normalized spacial score (nSPS) is 29.3. The van der Waals surface area contributed by atoms with Crippen molar-refractivity contribution in [1.29, 1.82) is 0 Å². The van der Waals surface area contributed by atoms with Crippen LogP contribution in [0, 0.1) is 0 Å². The topological polar surface area (TPSA) is 26.3 Å². The van der Waals surface area contributed by atoms with E-state index in [-0.39, 0.29) is 6.61 Å². The van der Waals surface area contributed by atoms with Gasteiger partial charge in [0.15, 0.2) is 0 Å². The first-order valence-corrected chi connectivity index (χ1v) is 3.70. The Morgan fingerprint density at radius 1 is 1.67 bits per heavy atom. The van der Waals surface area contributed by atoms with Crippen LogP contribution in [-0.2, 0) is 0 Å². The van der Waals surface area contributed by atoms with Crippen molar-refractivity contribution < 1.29 is 5.11 Å². The van der Waals surface area contributed by atoms with Crippen LogP contribution in [-0.4, -0.2) is 30.6 Å². The monoisotopic (exact) mass is 128 g/mol. The van der Waals surface area contributed by atoms with Gasteiger partial charge in [0, 0.05) is 0 Å². The van der Waals surface area contributed by atoms with Crippen molar-refractivity contribution in [2.45, 2.75) is 25.8 Å². The fraction of sp³-hybridized carbons (Fsp3) is 1.00. The molecule has 1 rings (SSSR count). The predicted octanol–water partition coefficient (Wildman–Crippen LogP) is -0.169. The Balaban J connectivity index is 2.32. The standard InChI is InChI=1S/C7H14NO/c1-2-8-5-3-4-7(8)6-9/h7H,2-6H2,1H3/q-1/t7-/m1/s1. The van der Waals surface area contributed by atoms with Crippen molar-refractivity contribution in [1.82, 2.24) is 4.90 Å². The van der Waals surface area contributed by atoms with Gasteiger partial charge in [0.1, 0.15) is 0 Å². The zero-order chi connectivity index (χ0) is 6.69. The van der Waals surface area contributed by atoms with Gasteiger partial charge in [0.25, 0.3) is 0 Å². The van der Waals surface area contributed by atoms with Gasteiger partial charge in [-0.05, 0) is 32.0 Å². The van der Waals surface area contributed by atoms with Gasteiger partial charge in [0.05, 0.1) is 0 Å². The summed E-state index contributed by atoms with van der Waals surface area (Å²) in [5.41, 5.74) is 0. The van der Waals surface area contributed by atoms with Gasteiger partial charge in [-0.1, -0.05) is 6.92 Å². The smallest absolute Gasteiger partial charge is 0.00159 e. The number of hydrogen-bond donors (Lipinski definition) is 0. The number of likely N-dealkylation sites (tertiary alicyclic amines) is 1. The Hall–Kier alpha value is -0.0800. The van der Waals surface area contributed by atoms with Crippen molar-refractivity contribution in [2.75, 3.05) is 19.7 Å². The molecule has 0 N–H and O–H groups in total. The van der Waals surface area contributed by atoms with Crippen LogP contribution in [0.3, 0.4) is 0 Å². The van der Waals surface area contributed by atoms with Gasteiger partial charge in [-0.15, -0.1) is 6.61 Å². The maximum atomic E-state index is 10.5. The van der Waals surface area contributed by atoms with Gasteiger partial charge in [-0.25, -0.2) is 0 Å². The molecule has 0 saturated carbocycles. The van der Waals surface area contributed by atoms with Crippen LogP contribution >= 0.6 is 0 Å². The number of hydrogen-bond acceptors (Lipinski definition) is 2. The van der Waals surface area contributed by atoms with E-state index in [2.05, 4.69) is 11.8 Å². The molecule has 0 radical (unpaired) electrons. The van der Waals surface area contributed by atoms with Crippen LogP contribution in [0.1, 0.15) is 19.8 Å². The van der Waals surface area contributed by atoms with E-state index in [1.807, 2.05) is 0 Å². The second kappa shape index (κ2) is 3.18. The summed E-state index contributed by atoms with van der Waals surface area (Å²) in [7, 11) is 0. The van der Waals surface area contributed by atoms with Crippen LogP contribution < -0.4 is 5.11 Å². The van der Waals surface area contributed by atoms with Crippen LogP contribution in [0.2, 0.25) is 0 Å². The summed E-state index contributed by atoms with van der Waals surface area (Å²) < 4.78 is 0. The molecule has 0 bridgehead atoms. The molecule has 1 saturated heterocycles. The van der Waals surface area contributed by atoms with Crippen molar-refractivity contribution in [3.63, 3.8) is 0 Å². The van der Waals surface area contributed by atoms with Crippen molar-refractivity contribution >= 4 is 0 Å². The lowest BCUT2D eigenvalue weighted by atomic mass is 10.2. The van der Waals surface area contributed by atoms with Crippen molar-refractivity contribution in [3.05, 3.63) is 0 Å². The minimum absolute atomic E-state index is 0.0911. The quantitative estimate of drug-likeness (QED) is 0.516. The third-order valence-electron chi connectivity index (χ3n) is 2.10. The zero-order valence-electron chi connectivity index (χ0n) is 5.97. The summed E-state index contributed by atoms with van der Waals surface area (Å²) in [5, 5.41) is 10.5. The molecule has 0 aliphatic carbocycles. The van der Waals surface area contributed by atoms with Gasteiger partial charge in [0.2, 0.25) is 0 Å². The molecule has 1 fully saturated rings. The lowest BCUT2D eigenvalue weighted by Gasteiger charge is -2.24. The molecule has 0 aromatic heterocycles. The molecule has 0 spiro atoms. The maximum Gasteiger partial charge on any atom is -0.00159 e. The lowest BCUT2D eigenvalue weighted by molar-refractivity contribution is -0.377. The van der Waals surface area contributed by atoms with Crippen molar-refractivity contribution in [2.24, 2.45) is 0 Å². The molecule has 1 heterocycles. The highest BCUT2D eigenvalue weighted by atomic mass is 16.3. The van der Waals surface area contributed by atoms with E-state index in [1.165, 1.54) is 6.42 Å². The van der Waals surface area contributed by atoms with E-state index in [9.17, 15) is 5.11 Å². The number of rotatable bonds is 2. The molecular formula is C7H14NO-. The Kier molecular flexibility index (Phi) is 2.49. The fourth-order valence-electron chi connectivity index (χ4n) is 1.50. The third kappa shape index (κ3) is 1.43. The van der Waals surface area contributed by atoms with Gasteiger partial charge in [-0.2, -0.15) is 0 Å². The summed E-state index contributed by atoms with van der Waals surface area (Å²) >= 11 is 0. The van der Waals surface area contributed by atoms with Crippen LogP contribution in [0.25, 0.3) is 0 Å². The van der Waals surface area contributed by atoms with E-state index in [0.717, 1.165) is 19.5 Å². The summed E-state index contributed by atoms with van der Waals surface area (Å²) in [6, 6.07) is 0.356. The Bertz CT molecular complexity index is 75.0. The molecule has 9 heavy (non-hydrogen) atoms. The number of nitrogens with zero attached hydrogens (tertiary/aromatic N) is 1. The summed E-state index contributed by atoms with van der Waals surface area (Å²) in [4.78, 5) is 2.27. The minimum atomic E-state index is 0.0911. The second-order valence-electron chi connectivity index (χ2n) is 2.59. The van der Waals surface area contributed by atoms with Crippen LogP contribution in [0.15, 0.2) is 0 Å². The number of likely N-dealkylation sites (N-methyl/N-ethyl adjacent to an activating group) is 1. The summed E-state index contributed by atoms with van der Waals surface area (Å²) in [6.45, 7) is 4.40. The largest absolute Gasteiger partial charge is 0.853 e.